The average molecular weight is 379 g/mol. The molecule has 0 radical (unpaired) electrons. The van der Waals surface area contributed by atoms with E-state index in [2.05, 4.69) is 45.1 Å². The Morgan fingerprint density at radius 3 is 2.70 bits per heavy atom. The Balaban J connectivity index is 1.57. The number of rotatable bonds is 7. The lowest BCUT2D eigenvalue weighted by Crippen LogP contribution is -2.13. The lowest BCUT2D eigenvalue weighted by molar-refractivity contribution is 0.333. The Bertz CT molecular complexity index is 1010. The van der Waals surface area contributed by atoms with Crippen molar-refractivity contribution in [3.05, 3.63) is 54.2 Å². The van der Waals surface area contributed by atoms with Gasteiger partial charge in [0.2, 0.25) is 0 Å². The summed E-state index contributed by atoms with van der Waals surface area (Å²) in [4.78, 5) is 14.9. The van der Waals surface area contributed by atoms with Gasteiger partial charge in [-0.05, 0) is 37.4 Å². The number of fused-ring (bicyclic) bond motifs is 1. The molecule has 0 aliphatic rings. The van der Waals surface area contributed by atoms with Gasteiger partial charge in [-0.3, -0.25) is 0 Å². The minimum absolute atomic E-state index is 0.247. The van der Waals surface area contributed by atoms with E-state index in [4.69, 9.17) is 9.72 Å². The third-order valence-electron chi connectivity index (χ3n) is 4.14. The predicted molar refractivity (Wildman–Crippen MR) is 109 cm³/mol. The van der Waals surface area contributed by atoms with Gasteiger partial charge in [-0.15, -0.1) is 11.3 Å². The summed E-state index contributed by atoms with van der Waals surface area (Å²) < 4.78 is 7.90. The number of para-hydroxylation sites is 1. The highest BCUT2D eigenvalue weighted by atomic mass is 32.1. The van der Waals surface area contributed by atoms with Gasteiger partial charge >= 0.3 is 0 Å². The first-order chi connectivity index (χ1) is 13.2. The van der Waals surface area contributed by atoms with Crippen molar-refractivity contribution < 1.29 is 4.74 Å². The Morgan fingerprint density at radius 1 is 1.11 bits per heavy atom. The van der Waals surface area contributed by atoms with Crippen molar-refractivity contribution in [2.45, 2.75) is 19.9 Å². The van der Waals surface area contributed by atoms with Gasteiger partial charge in [-0.1, -0.05) is 24.3 Å². The second-order valence-corrected chi connectivity index (χ2v) is 7.31. The maximum atomic E-state index is 5.74. The summed E-state index contributed by atoms with van der Waals surface area (Å²) in [6.07, 6.45) is 1.58. The molecule has 3 aromatic heterocycles. The average Bonchev–Trinajstić information content (AvgIpc) is 3.33. The Labute approximate surface area is 161 Å². The Hall–Kier alpha value is -2.93. The molecule has 0 aliphatic carbocycles. The summed E-state index contributed by atoms with van der Waals surface area (Å²) in [5, 5.41) is 5.39. The first-order valence-corrected chi connectivity index (χ1v) is 9.80. The van der Waals surface area contributed by atoms with Crippen LogP contribution in [0.4, 0.5) is 5.82 Å². The molecule has 0 aliphatic heterocycles. The number of thiophene rings is 1. The SMILES string of the molecule is CC(C)n1c(-c2cccs2)nc2c(NCCOc3ccccc3)ncnc21. The molecule has 0 saturated heterocycles. The van der Waals surface area contributed by atoms with E-state index in [0.717, 1.165) is 33.4 Å². The number of nitrogens with one attached hydrogen (secondary N) is 1. The molecule has 4 aromatic rings. The molecular formula is C20H21N5OS. The lowest BCUT2D eigenvalue weighted by atomic mass is 10.3. The van der Waals surface area contributed by atoms with Crippen molar-refractivity contribution in [1.82, 2.24) is 19.5 Å². The molecule has 7 heteroatoms. The number of nitrogens with zero attached hydrogens (tertiary/aromatic N) is 4. The molecule has 1 aromatic carbocycles. The minimum atomic E-state index is 0.247. The standard InChI is InChI=1S/C20H21N5OS/c1-14(2)25-19(16-9-6-12-27-16)24-17-18(22-13-23-20(17)25)21-10-11-26-15-7-4-3-5-8-15/h3-9,12-14H,10-11H2,1-2H3,(H,21,22,23). The van der Waals surface area contributed by atoms with Crippen LogP contribution in [0.1, 0.15) is 19.9 Å². The molecule has 0 atom stereocenters. The van der Waals surface area contributed by atoms with Crippen LogP contribution in [0.2, 0.25) is 0 Å². The van der Waals surface area contributed by atoms with Crippen molar-refractivity contribution in [1.29, 1.82) is 0 Å². The van der Waals surface area contributed by atoms with Crippen molar-refractivity contribution in [2.75, 3.05) is 18.5 Å². The van der Waals surface area contributed by atoms with Crippen molar-refractivity contribution in [3.63, 3.8) is 0 Å². The monoisotopic (exact) mass is 379 g/mol. The molecule has 0 amide bonds. The molecule has 1 N–H and O–H groups in total. The molecule has 0 fully saturated rings. The number of ether oxygens (including phenoxy) is 1. The van der Waals surface area contributed by atoms with Crippen LogP contribution < -0.4 is 10.1 Å². The molecule has 138 valence electrons. The van der Waals surface area contributed by atoms with E-state index in [1.807, 2.05) is 36.4 Å². The fourth-order valence-corrected chi connectivity index (χ4v) is 3.67. The van der Waals surface area contributed by atoms with Gasteiger partial charge in [-0.25, -0.2) is 15.0 Å². The Kier molecular flexibility index (Phi) is 5.02. The molecule has 0 saturated carbocycles. The van der Waals surface area contributed by atoms with Gasteiger partial charge in [0.05, 0.1) is 11.4 Å². The molecule has 6 nitrogen and oxygen atoms in total. The van der Waals surface area contributed by atoms with Gasteiger partial charge in [0.25, 0.3) is 0 Å². The summed E-state index contributed by atoms with van der Waals surface area (Å²) in [6.45, 7) is 5.45. The van der Waals surface area contributed by atoms with Gasteiger partial charge in [0, 0.05) is 6.04 Å². The van der Waals surface area contributed by atoms with E-state index in [9.17, 15) is 0 Å². The number of aromatic nitrogens is 4. The van der Waals surface area contributed by atoms with E-state index in [1.54, 1.807) is 17.7 Å². The van der Waals surface area contributed by atoms with Crippen LogP contribution in [-0.4, -0.2) is 32.7 Å². The minimum Gasteiger partial charge on any atom is -0.492 e. The molecule has 27 heavy (non-hydrogen) atoms. The molecule has 0 bridgehead atoms. The topological polar surface area (TPSA) is 64.9 Å². The second kappa shape index (κ2) is 7.75. The first kappa shape index (κ1) is 17.5. The van der Waals surface area contributed by atoms with Gasteiger partial charge in [0.1, 0.15) is 18.7 Å². The van der Waals surface area contributed by atoms with Crippen LogP contribution in [0.25, 0.3) is 21.9 Å². The van der Waals surface area contributed by atoms with Gasteiger partial charge in [0.15, 0.2) is 22.8 Å². The van der Waals surface area contributed by atoms with Crippen LogP contribution in [-0.2, 0) is 0 Å². The molecule has 3 heterocycles. The number of benzene rings is 1. The summed E-state index contributed by atoms with van der Waals surface area (Å²) in [5.41, 5.74) is 1.63. The van der Waals surface area contributed by atoms with Crippen LogP contribution in [0.3, 0.4) is 0 Å². The molecule has 0 spiro atoms. The third-order valence-corrected chi connectivity index (χ3v) is 5.01. The van der Waals surface area contributed by atoms with Crippen molar-refractivity contribution in [3.8, 4) is 16.5 Å². The zero-order chi connectivity index (χ0) is 18.6. The molecule has 0 unspecified atom stereocenters. The zero-order valence-electron chi connectivity index (χ0n) is 15.3. The van der Waals surface area contributed by atoms with Crippen LogP contribution in [0.15, 0.2) is 54.2 Å². The fraction of sp³-hybridized carbons (Fsp3) is 0.250. The van der Waals surface area contributed by atoms with Crippen LogP contribution in [0.5, 0.6) is 5.75 Å². The third kappa shape index (κ3) is 3.64. The van der Waals surface area contributed by atoms with Crippen molar-refractivity contribution in [2.24, 2.45) is 0 Å². The van der Waals surface area contributed by atoms with E-state index < -0.39 is 0 Å². The van der Waals surface area contributed by atoms with E-state index >= 15 is 0 Å². The second-order valence-electron chi connectivity index (χ2n) is 6.36. The van der Waals surface area contributed by atoms with E-state index in [-0.39, 0.29) is 6.04 Å². The van der Waals surface area contributed by atoms with Crippen LogP contribution in [0, 0.1) is 0 Å². The number of hydrogen-bond donors (Lipinski definition) is 1. The summed E-state index contributed by atoms with van der Waals surface area (Å²) in [5.74, 6) is 2.52. The highest BCUT2D eigenvalue weighted by Crippen LogP contribution is 2.31. The highest BCUT2D eigenvalue weighted by molar-refractivity contribution is 7.13. The number of hydrogen-bond acceptors (Lipinski definition) is 6. The fourth-order valence-electron chi connectivity index (χ4n) is 2.96. The zero-order valence-corrected chi connectivity index (χ0v) is 16.1. The van der Waals surface area contributed by atoms with Gasteiger partial charge < -0.3 is 14.6 Å². The smallest absolute Gasteiger partial charge is 0.166 e. The summed E-state index contributed by atoms with van der Waals surface area (Å²) >= 11 is 1.68. The number of imidazole rings is 1. The Morgan fingerprint density at radius 2 is 1.96 bits per heavy atom. The first-order valence-electron chi connectivity index (χ1n) is 8.92. The quantitative estimate of drug-likeness (QED) is 0.474. The molecule has 4 rings (SSSR count). The van der Waals surface area contributed by atoms with Gasteiger partial charge in [-0.2, -0.15) is 0 Å². The maximum absolute atomic E-state index is 5.74. The highest BCUT2D eigenvalue weighted by Gasteiger charge is 2.19. The predicted octanol–water partition coefficient (Wildman–Crippen LogP) is 4.63. The maximum Gasteiger partial charge on any atom is 0.166 e. The van der Waals surface area contributed by atoms with E-state index in [1.165, 1.54) is 0 Å². The van der Waals surface area contributed by atoms with Crippen molar-refractivity contribution >= 4 is 28.3 Å². The van der Waals surface area contributed by atoms with E-state index in [0.29, 0.717) is 13.2 Å². The number of anilines is 1. The summed E-state index contributed by atoms with van der Waals surface area (Å²) in [6, 6.07) is 14.1. The largest absolute Gasteiger partial charge is 0.492 e. The normalized spacial score (nSPS) is 11.2. The molecular weight excluding hydrogens is 358 g/mol. The van der Waals surface area contributed by atoms with Crippen LogP contribution >= 0.6 is 11.3 Å². The lowest BCUT2D eigenvalue weighted by Gasteiger charge is -2.11. The summed E-state index contributed by atoms with van der Waals surface area (Å²) in [7, 11) is 0.